The second-order valence-electron chi connectivity index (χ2n) is 27.6. The van der Waals surface area contributed by atoms with Crippen molar-refractivity contribution in [1.82, 2.24) is 9.80 Å². The number of fused-ring (bicyclic) bond motifs is 2. The lowest BCUT2D eigenvalue weighted by Crippen LogP contribution is -2.50. The molecule has 3 saturated heterocycles. The summed E-state index contributed by atoms with van der Waals surface area (Å²) < 4.78 is 24.5. The van der Waals surface area contributed by atoms with Gasteiger partial charge in [0.1, 0.15) is 11.2 Å². The molecule has 3 fully saturated rings. The van der Waals surface area contributed by atoms with E-state index in [4.69, 9.17) is 18.8 Å². The van der Waals surface area contributed by atoms with Gasteiger partial charge in [-0.25, -0.2) is 9.59 Å². The van der Waals surface area contributed by atoms with Crippen LogP contribution in [0.5, 0.6) is 0 Å². The smallest absolute Gasteiger partial charge is 0.444 e. The Kier molecular flexibility index (Phi) is 17.1. The predicted octanol–water partition coefficient (Wildman–Crippen LogP) is 14.6. The van der Waals surface area contributed by atoms with E-state index in [1.54, 1.807) is 4.90 Å². The Bertz CT molecular complexity index is 2680. The average Bonchev–Trinajstić information content (AvgIpc) is 3.56. The van der Waals surface area contributed by atoms with E-state index in [1.165, 1.54) is 70.4 Å². The van der Waals surface area contributed by atoms with Crippen molar-refractivity contribution in [2.75, 3.05) is 62.2 Å². The Hall–Kier alpha value is -4.52. The molecule has 5 aliphatic rings. The summed E-state index contributed by atoms with van der Waals surface area (Å²) in [5, 5.41) is 0. The second-order valence-corrected chi connectivity index (χ2v) is 28.5. The van der Waals surface area contributed by atoms with Crippen LogP contribution in [0, 0.1) is 0 Å². The molecule has 2 amide bonds. The summed E-state index contributed by atoms with van der Waals surface area (Å²) in [6.45, 7) is 44.8. The maximum atomic E-state index is 12.4. The first-order valence-corrected chi connectivity index (χ1v) is 28.8. The molecule has 4 aromatic carbocycles. The number of piperazine rings is 2. The minimum absolute atomic E-state index is 0.205. The van der Waals surface area contributed by atoms with Crippen molar-refractivity contribution in [3.8, 4) is 11.1 Å². The molecule has 76 heavy (non-hydrogen) atoms. The topological polar surface area (TPSA) is 84.0 Å². The monoisotopic (exact) mass is 1100 g/mol. The van der Waals surface area contributed by atoms with Crippen LogP contribution in [0.15, 0.2) is 89.4 Å². The third kappa shape index (κ3) is 14.0. The Labute approximate surface area is 467 Å². The zero-order chi connectivity index (χ0) is 56.0. The first kappa shape index (κ1) is 59.2. The number of nitrogens with zero attached hydrogens (tertiary/aromatic N) is 4. The van der Waals surface area contributed by atoms with Crippen molar-refractivity contribution in [2.45, 2.75) is 194 Å². The lowest BCUT2D eigenvalue weighted by atomic mass is 9.61. The number of halogens is 1. The van der Waals surface area contributed by atoms with Crippen molar-refractivity contribution in [3.05, 3.63) is 112 Å². The van der Waals surface area contributed by atoms with Gasteiger partial charge in [0.05, 0.1) is 11.2 Å². The van der Waals surface area contributed by atoms with Crippen LogP contribution in [0.25, 0.3) is 11.1 Å². The number of carbonyl (C=O) groups excluding carboxylic acids is 2. The molecule has 0 saturated carbocycles. The van der Waals surface area contributed by atoms with Crippen LogP contribution in [-0.4, -0.2) is 104 Å². The van der Waals surface area contributed by atoms with Crippen LogP contribution >= 0.6 is 15.9 Å². The van der Waals surface area contributed by atoms with Gasteiger partial charge in [-0.1, -0.05) is 126 Å². The number of benzene rings is 4. The SMILES string of the molecule is CC(C)(C)OC(=O)N1CCN(c2cccc(-c3ccc4c(c3)C(C)(C)CCC4(C)C)c2)CC1.CC(C)(C)OC(=O)N1CCN(c2cccc(Br)c2)CC1.CC1(C)CCC(C)(C)c2cc(B3OC(C)(C)C(C)(C)O3)ccc21. The molecule has 4 aromatic rings. The molecule has 0 unspecified atom stereocenters. The fourth-order valence-electron chi connectivity index (χ4n) is 11.0. The number of anilines is 2. The first-order chi connectivity index (χ1) is 35.1. The molecule has 2 aliphatic carbocycles. The van der Waals surface area contributed by atoms with E-state index in [0.717, 1.165) is 36.1 Å². The Morgan fingerprint density at radius 1 is 0.474 bits per heavy atom. The fraction of sp³-hybridized carbons (Fsp3) is 0.594. The average molecular weight is 1100 g/mol. The van der Waals surface area contributed by atoms with E-state index >= 15 is 0 Å². The molecule has 10 nitrogen and oxygen atoms in total. The van der Waals surface area contributed by atoms with Crippen molar-refractivity contribution < 1.29 is 28.4 Å². The number of carbonyl (C=O) groups is 2. The van der Waals surface area contributed by atoms with E-state index in [-0.39, 0.29) is 52.2 Å². The van der Waals surface area contributed by atoms with E-state index in [1.807, 2.05) is 58.6 Å². The summed E-state index contributed by atoms with van der Waals surface area (Å²) in [4.78, 5) is 32.6. The molecule has 414 valence electrons. The van der Waals surface area contributed by atoms with Crippen molar-refractivity contribution >= 4 is 52.1 Å². The van der Waals surface area contributed by atoms with Crippen LogP contribution in [0.3, 0.4) is 0 Å². The summed E-state index contributed by atoms with van der Waals surface area (Å²) >= 11 is 3.49. The highest BCUT2D eigenvalue weighted by Gasteiger charge is 2.52. The number of hydrogen-bond acceptors (Lipinski definition) is 8. The molecule has 0 aromatic heterocycles. The van der Waals surface area contributed by atoms with Gasteiger partial charge < -0.3 is 38.4 Å². The zero-order valence-corrected chi connectivity index (χ0v) is 51.3. The Morgan fingerprint density at radius 2 is 0.855 bits per heavy atom. The van der Waals surface area contributed by atoms with Crippen LogP contribution in [0.1, 0.15) is 173 Å². The molecule has 0 bridgehead atoms. The maximum absolute atomic E-state index is 12.4. The molecule has 3 heterocycles. The minimum Gasteiger partial charge on any atom is -0.444 e. The molecule has 3 aliphatic heterocycles. The van der Waals surface area contributed by atoms with E-state index in [0.29, 0.717) is 26.2 Å². The normalized spacial score (nSPS) is 21.0. The molecule has 0 radical (unpaired) electrons. The molecule has 0 N–H and O–H groups in total. The summed E-state index contributed by atoms with van der Waals surface area (Å²) in [6.07, 6.45) is 4.49. The van der Waals surface area contributed by atoms with Crippen molar-refractivity contribution in [3.63, 3.8) is 0 Å². The summed E-state index contributed by atoms with van der Waals surface area (Å²) in [5.41, 5.74) is 11.5. The van der Waals surface area contributed by atoms with Gasteiger partial charge >= 0.3 is 19.3 Å². The third-order valence-electron chi connectivity index (χ3n) is 16.8. The first-order valence-electron chi connectivity index (χ1n) is 28.0. The third-order valence-corrected chi connectivity index (χ3v) is 17.3. The number of amides is 2. The summed E-state index contributed by atoms with van der Waals surface area (Å²) in [5.74, 6) is 0. The number of rotatable bonds is 4. The van der Waals surface area contributed by atoms with Gasteiger partial charge in [0.2, 0.25) is 0 Å². The highest BCUT2D eigenvalue weighted by molar-refractivity contribution is 9.10. The summed E-state index contributed by atoms with van der Waals surface area (Å²) in [6, 6.07) is 31.0. The highest BCUT2D eigenvalue weighted by atomic mass is 79.9. The minimum atomic E-state index is -0.457. The van der Waals surface area contributed by atoms with E-state index < -0.39 is 11.2 Å². The van der Waals surface area contributed by atoms with Crippen molar-refractivity contribution in [2.24, 2.45) is 0 Å². The molecule has 0 atom stereocenters. The Morgan fingerprint density at radius 3 is 1.29 bits per heavy atom. The van der Waals surface area contributed by atoms with Gasteiger partial charge in [0.25, 0.3) is 0 Å². The highest BCUT2D eigenvalue weighted by Crippen LogP contribution is 2.48. The molecule has 12 heteroatoms. The standard InChI is InChI=1S/C29H40N2O2.C20H31BO2.C15H21BrN2O2/c1-27(2,3)33-26(32)31-17-15-30(16-18-31)23-10-8-9-21(19-23)22-11-12-24-25(20-22)29(6,7)14-13-28(24,4)5;1-17(2)11-12-18(3,4)16-13-14(9-10-15(16)17)21-22-19(5,6)20(7,8)23-21;1-15(2,3)20-14(19)18-9-7-17(8-10-18)13-6-4-5-12(16)11-13/h8-12,19-20H,13-18H2,1-7H3;9-10,13H,11-12H2,1-8H3;4-6,11H,7-10H2,1-3H3. The zero-order valence-electron chi connectivity index (χ0n) is 49.8. The maximum Gasteiger partial charge on any atom is 0.494 e. The lowest BCUT2D eigenvalue weighted by molar-refractivity contribution is 0.00578. The molecular formula is C64H92BBrN4O6. The molecule has 0 spiro atoms. The molecule has 9 rings (SSSR count). The van der Waals surface area contributed by atoms with Crippen LogP contribution in [0.2, 0.25) is 0 Å². The van der Waals surface area contributed by atoms with Crippen molar-refractivity contribution in [1.29, 1.82) is 0 Å². The van der Waals surface area contributed by atoms with E-state index in [2.05, 4.69) is 182 Å². The number of hydrogen-bond donors (Lipinski definition) is 0. The lowest BCUT2D eigenvalue weighted by Gasteiger charge is -2.42. The van der Waals surface area contributed by atoms with Crippen LogP contribution in [-0.2, 0) is 40.4 Å². The van der Waals surface area contributed by atoms with Gasteiger partial charge in [-0.15, -0.1) is 0 Å². The predicted molar refractivity (Wildman–Crippen MR) is 319 cm³/mol. The second kappa shape index (κ2) is 22.0. The van der Waals surface area contributed by atoms with Crippen LogP contribution < -0.4 is 15.3 Å². The largest absolute Gasteiger partial charge is 0.494 e. The van der Waals surface area contributed by atoms with Crippen LogP contribution in [0.4, 0.5) is 21.0 Å². The fourth-order valence-corrected chi connectivity index (χ4v) is 11.4. The van der Waals surface area contributed by atoms with Gasteiger partial charge in [0, 0.05) is 68.2 Å². The van der Waals surface area contributed by atoms with E-state index in [9.17, 15) is 9.59 Å². The Balaban J connectivity index is 0.000000173. The number of ether oxygens (including phenoxy) is 2. The summed E-state index contributed by atoms with van der Waals surface area (Å²) in [7, 11) is -0.272. The quantitative estimate of drug-likeness (QED) is 0.187. The molecular weight excluding hydrogens is 1010 g/mol. The van der Waals surface area contributed by atoms with Gasteiger partial charge in [-0.05, 0) is 186 Å². The van der Waals surface area contributed by atoms with Gasteiger partial charge in [-0.2, -0.15) is 0 Å². The van der Waals surface area contributed by atoms with Gasteiger partial charge in [0.15, 0.2) is 0 Å². The van der Waals surface area contributed by atoms with Gasteiger partial charge in [-0.3, -0.25) is 0 Å².